The van der Waals surface area contributed by atoms with E-state index < -0.39 is 5.97 Å². The number of thioether (sulfide) groups is 2. The minimum absolute atomic E-state index is 0.0866. The van der Waals surface area contributed by atoms with E-state index in [1.54, 1.807) is 12.1 Å². The lowest BCUT2D eigenvalue weighted by molar-refractivity contribution is -0.124. The highest BCUT2D eigenvalue weighted by Crippen LogP contribution is 2.45. The van der Waals surface area contributed by atoms with Gasteiger partial charge >= 0.3 is 5.97 Å². The number of carbonyl (C=O) groups is 2. The van der Waals surface area contributed by atoms with Crippen LogP contribution in [0.2, 0.25) is 0 Å². The number of amides is 1. The Morgan fingerprint density at radius 3 is 2.62 bits per heavy atom. The summed E-state index contributed by atoms with van der Waals surface area (Å²) < 4.78 is 11.0. The molecule has 1 amide bonds. The van der Waals surface area contributed by atoms with Gasteiger partial charge in [-0.15, -0.1) is 23.5 Å². The second-order valence-corrected chi connectivity index (χ2v) is 8.44. The van der Waals surface area contributed by atoms with Gasteiger partial charge in [-0.25, -0.2) is 4.79 Å². The van der Waals surface area contributed by atoms with Gasteiger partial charge in [0.15, 0.2) is 6.61 Å². The molecule has 2 heterocycles. The first-order valence-corrected chi connectivity index (χ1v) is 10.2. The van der Waals surface area contributed by atoms with Crippen LogP contribution in [-0.4, -0.2) is 49.2 Å². The quantitative estimate of drug-likeness (QED) is 0.780. The van der Waals surface area contributed by atoms with Gasteiger partial charge in [0.05, 0.1) is 16.2 Å². The number of benzene rings is 1. The molecule has 0 bridgehead atoms. The molecule has 24 heavy (non-hydrogen) atoms. The van der Waals surface area contributed by atoms with Crippen molar-refractivity contribution < 1.29 is 19.1 Å². The fraction of sp³-hybridized carbons (Fsp3) is 0.529. The second kappa shape index (κ2) is 8.78. The van der Waals surface area contributed by atoms with Gasteiger partial charge in [0, 0.05) is 24.7 Å². The molecule has 5 nitrogen and oxygen atoms in total. The zero-order valence-corrected chi connectivity index (χ0v) is 15.0. The zero-order valence-electron chi connectivity index (χ0n) is 13.4. The van der Waals surface area contributed by atoms with Gasteiger partial charge in [-0.2, -0.15) is 0 Å². The number of esters is 1. The normalized spacial score (nSPS) is 20.9. The highest BCUT2D eigenvalue weighted by molar-refractivity contribution is 8.19. The molecule has 1 aromatic carbocycles. The summed E-state index contributed by atoms with van der Waals surface area (Å²) in [7, 11) is 0. The number of rotatable bonds is 6. The van der Waals surface area contributed by atoms with Gasteiger partial charge in [0.1, 0.15) is 0 Å². The van der Waals surface area contributed by atoms with Crippen molar-refractivity contribution in [2.45, 2.75) is 23.5 Å². The molecule has 3 rings (SSSR count). The SMILES string of the molecule is O=C(COC(=O)c1ccc(C2SCCS2)cc1)NC[C@@H]1CCCO1. The van der Waals surface area contributed by atoms with Crippen molar-refractivity contribution in [1.29, 1.82) is 0 Å². The van der Waals surface area contributed by atoms with Crippen LogP contribution >= 0.6 is 23.5 Å². The highest BCUT2D eigenvalue weighted by Gasteiger charge is 2.19. The third-order valence-corrected chi connectivity index (χ3v) is 7.03. The Morgan fingerprint density at radius 2 is 1.96 bits per heavy atom. The third-order valence-electron chi connectivity index (χ3n) is 3.93. The van der Waals surface area contributed by atoms with E-state index >= 15 is 0 Å². The van der Waals surface area contributed by atoms with Crippen molar-refractivity contribution in [2.24, 2.45) is 0 Å². The van der Waals surface area contributed by atoms with Crippen LogP contribution in [0.1, 0.15) is 33.3 Å². The fourth-order valence-electron chi connectivity index (χ4n) is 2.63. The first-order chi connectivity index (χ1) is 11.7. The zero-order chi connectivity index (χ0) is 16.8. The van der Waals surface area contributed by atoms with Crippen molar-refractivity contribution in [3.8, 4) is 0 Å². The van der Waals surface area contributed by atoms with E-state index in [4.69, 9.17) is 9.47 Å². The van der Waals surface area contributed by atoms with Crippen LogP contribution in [-0.2, 0) is 14.3 Å². The number of carbonyl (C=O) groups excluding carboxylic acids is 2. The smallest absolute Gasteiger partial charge is 0.338 e. The summed E-state index contributed by atoms with van der Waals surface area (Å²) in [6.45, 7) is 0.965. The van der Waals surface area contributed by atoms with Gasteiger partial charge in [-0.1, -0.05) is 12.1 Å². The average molecular weight is 367 g/mol. The molecule has 1 atom stereocenters. The summed E-state index contributed by atoms with van der Waals surface area (Å²) in [6.07, 6.45) is 2.08. The summed E-state index contributed by atoms with van der Waals surface area (Å²) >= 11 is 3.85. The first-order valence-electron chi connectivity index (χ1n) is 8.11. The lowest BCUT2D eigenvalue weighted by atomic mass is 10.1. The fourth-order valence-corrected chi connectivity index (χ4v) is 5.49. The molecule has 0 saturated carbocycles. The van der Waals surface area contributed by atoms with Crippen LogP contribution in [0.15, 0.2) is 24.3 Å². The van der Waals surface area contributed by atoms with E-state index in [2.05, 4.69) is 5.32 Å². The molecule has 0 radical (unpaired) electrons. The molecule has 1 aromatic rings. The number of hydrogen-bond acceptors (Lipinski definition) is 6. The Morgan fingerprint density at radius 1 is 1.21 bits per heavy atom. The molecule has 2 fully saturated rings. The summed E-state index contributed by atoms with van der Waals surface area (Å²) in [4.78, 5) is 23.7. The van der Waals surface area contributed by atoms with Gasteiger partial charge in [-0.05, 0) is 30.5 Å². The molecule has 7 heteroatoms. The van der Waals surface area contributed by atoms with E-state index in [1.807, 2.05) is 35.7 Å². The van der Waals surface area contributed by atoms with E-state index in [9.17, 15) is 9.59 Å². The molecule has 130 valence electrons. The monoisotopic (exact) mass is 367 g/mol. The largest absolute Gasteiger partial charge is 0.452 e. The predicted octanol–water partition coefficient (Wildman–Crippen LogP) is 2.62. The predicted molar refractivity (Wildman–Crippen MR) is 96.4 cm³/mol. The summed E-state index contributed by atoms with van der Waals surface area (Å²) in [5.74, 6) is 1.56. The van der Waals surface area contributed by atoms with Gasteiger partial charge < -0.3 is 14.8 Å². The van der Waals surface area contributed by atoms with Crippen molar-refractivity contribution in [3.05, 3.63) is 35.4 Å². The minimum atomic E-state index is -0.472. The summed E-state index contributed by atoms with van der Waals surface area (Å²) in [5.41, 5.74) is 1.69. The molecule has 0 aliphatic carbocycles. The standard InChI is InChI=1S/C17H21NO4S2/c19-15(18-10-14-2-1-7-21-14)11-22-16(20)12-3-5-13(6-4-12)17-23-8-9-24-17/h3-6,14,17H,1-2,7-11H2,(H,18,19)/t14-/m0/s1. The van der Waals surface area contributed by atoms with Crippen molar-refractivity contribution in [2.75, 3.05) is 31.3 Å². The van der Waals surface area contributed by atoms with Crippen LogP contribution in [0.3, 0.4) is 0 Å². The number of nitrogens with one attached hydrogen (secondary N) is 1. The Balaban J connectivity index is 1.41. The van der Waals surface area contributed by atoms with Crippen molar-refractivity contribution in [1.82, 2.24) is 5.32 Å². The van der Waals surface area contributed by atoms with E-state index in [1.165, 1.54) is 17.1 Å². The van der Waals surface area contributed by atoms with Crippen LogP contribution in [0.25, 0.3) is 0 Å². The molecule has 2 saturated heterocycles. The molecule has 0 unspecified atom stereocenters. The van der Waals surface area contributed by atoms with Gasteiger partial charge in [0.2, 0.25) is 0 Å². The molecular weight excluding hydrogens is 346 g/mol. The molecule has 1 N–H and O–H groups in total. The lowest BCUT2D eigenvalue weighted by Crippen LogP contribution is -2.34. The van der Waals surface area contributed by atoms with E-state index in [0.717, 1.165) is 19.4 Å². The van der Waals surface area contributed by atoms with E-state index in [-0.39, 0.29) is 18.6 Å². The first kappa shape index (κ1) is 17.6. The summed E-state index contributed by atoms with van der Waals surface area (Å²) in [6, 6.07) is 7.46. The van der Waals surface area contributed by atoms with Crippen molar-refractivity contribution >= 4 is 35.4 Å². The molecule has 0 aromatic heterocycles. The Hall–Kier alpha value is -1.18. The highest BCUT2D eigenvalue weighted by atomic mass is 32.2. The maximum absolute atomic E-state index is 12.0. The molecule has 2 aliphatic rings. The van der Waals surface area contributed by atoms with Crippen molar-refractivity contribution in [3.63, 3.8) is 0 Å². The lowest BCUT2D eigenvalue weighted by Gasteiger charge is -2.11. The Kier molecular flexibility index (Phi) is 6.45. The van der Waals surface area contributed by atoms with Crippen LogP contribution < -0.4 is 5.32 Å². The molecule has 2 aliphatic heterocycles. The molecule has 0 spiro atoms. The average Bonchev–Trinajstić information content (AvgIpc) is 3.31. The molecular formula is C17H21NO4S2. The summed E-state index contributed by atoms with van der Waals surface area (Å²) in [5, 5.41) is 2.73. The minimum Gasteiger partial charge on any atom is -0.452 e. The topological polar surface area (TPSA) is 64.6 Å². The maximum atomic E-state index is 12.0. The Bertz CT molecular complexity index is 566. The third kappa shape index (κ3) is 4.91. The van der Waals surface area contributed by atoms with E-state index in [0.29, 0.717) is 16.7 Å². The van der Waals surface area contributed by atoms with Crippen LogP contribution in [0, 0.1) is 0 Å². The number of ether oxygens (including phenoxy) is 2. The van der Waals surface area contributed by atoms with Gasteiger partial charge in [-0.3, -0.25) is 4.79 Å². The van der Waals surface area contributed by atoms with Crippen LogP contribution in [0.4, 0.5) is 0 Å². The Labute approximate surface area is 150 Å². The maximum Gasteiger partial charge on any atom is 0.338 e. The van der Waals surface area contributed by atoms with Crippen LogP contribution in [0.5, 0.6) is 0 Å². The second-order valence-electron chi connectivity index (χ2n) is 5.71. The number of hydrogen-bond donors (Lipinski definition) is 1. The van der Waals surface area contributed by atoms with Gasteiger partial charge in [0.25, 0.3) is 5.91 Å².